The molecule has 120 valence electrons. The summed E-state index contributed by atoms with van der Waals surface area (Å²) >= 11 is 11.2. The second-order valence-electron chi connectivity index (χ2n) is 5.59. The van der Waals surface area contributed by atoms with Crippen molar-refractivity contribution in [1.29, 1.82) is 0 Å². The Morgan fingerprint density at radius 3 is 2.48 bits per heavy atom. The van der Waals surface area contributed by atoms with Crippen molar-refractivity contribution in [2.75, 3.05) is 6.54 Å². The van der Waals surface area contributed by atoms with Crippen LogP contribution in [0.25, 0.3) is 0 Å². The van der Waals surface area contributed by atoms with Gasteiger partial charge in [-0.25, -0.2) is 17.5 Å². The van der Waals surface area contributed by atoms with Gasteiger partial charge in [-0.15, -0.1) is 0 Å². The zero-order chi connectivity index (χ0) is 16.4. The highest BCUT2D eigenvalue weighted by Crippen LogP contribution is 2.29. The van der Waals surface area contributed by atoms with Crippen LogP contribution in [-0.4, -0.2) is 25.7 Å². The highest BCUT2D eigenvalue weighted by Gasteiger charge is 2.27. The van der Waals surface area contributed by atoms with Crippen molar-refractivity contribution >= 4 is 33.2 Å². The lowest BCUT2D eigenvalue weighted by Gasteiger charge is -2.25. The lowest BCUT2D eigenvalue weighted by atomic mass is 9.95. The molecule has 0 saturated heterocycles. The Labute approximate surface area is 134 Å². The van der Waals surface area contributed by atoms with E-state index in [9.17, 15) is 17.9 Å². The second kappa shape index (κ2) is 6.79. The number of sulfonamides is 1. The summed E-state index contributed by atoms with van der Waals surface area (Å²) < 4.78 is 40.1. The van der Waals surface area contributed by atoms with Gasteiger partial charge in [-0.05, 0) is 31.4 Å². The van der Waals surface area contributed by atoms with Crippen molar-refractivity contribution in [3.05, 3.63) is 28.0 Å². The summed E-state index contributed by atoms with van der Waals surface area (Å²) in [4.78, 5) is -0.411. The summed E-state index contributed by atoms with van der Waals surface area (Å²) in [6.07, 6.45) is 0.415. The van der Waals surface area contributed by atoms with Gasteiger partial charge in [0.05, 0.1) is 15.6 Å². The minimum atomic E-state index is -4.04. The first-order chi connectivity index (χ1) is 9.46. The predicted molar refractivity (Wildman–Crippen MR) is 81.7 cm³/mol. The minimum Gasteiger partial charge on any atom is -0.389 e. The highest BCUT2D eigenvalue weighted by molar-refractivity contribution is 7.89. The maximum Gasteiger partial charge on any atom is 0.242 e. The van der Waals surface area contributed by atoms with Crippen LogP contribution in [0.15, 0.2) is 17.0 Å². The molecule has 0 aliphatic carbocycles. The van der Waals surface area contributed by atoms with Gasteiger partial charge in [-0.2, -0.15) is 0 Å². The Bertz CT molecular complexity index is 618. The highest BCUT2D eigenvalue weighted by atomic mass is 35.5. The standard InChI is InChI=1S/C13H18Cl2FNO3S/c1-8(2)6-13(3,18)7-17-21(19,20)10-5-4-9(14)12(16)11(10)15/h4-5,8,17-18H,6-7H2,1-3H3. The molecule has 0 saturated carbocycles. The van der Waals surface area contributed by atoms with Crippen LogP contribution in [0.4, 0.5) is 4.39 Å². The van der Waals surface area contributed by atoms with Crippen molar-refractivity contribution in [3.8, 4) is 0 Å². The molecule has 1 unspecified atom stereocenters. The molecule has 21 heavy (non-hydrogen) atoms. The number of hydrogen-bond acceptors (Lipinski definition) is 3. The van der Waals surface area contributed by atoms with Crippen molar-refractivity contribution < 1.29 is 17.9 Å². The minimum absolute atomic E-state index is 0.195. The third kappa shape index (κ3) is 5.07. The van der Waals surface area contributed by atoms with Crippen LogP contribution in [0.5, 0.6) is 0 Å². The van der Waals surface area contributed by atoms with Gasteiger partial charge in [-0.1, -0.05) is 37.0 Å². The Balaban J connectivity index is 2.96. The van der Waals surface area contributed by atoms with E-state index in [1.165, 1.54) is 6.92 Å². The monoisotopic (exact) mass is 357 g/mol. The van der Waals surface area contributed by atoms with Crippen molar-refractivity contribution in [1.82, 2.24) is 4.72 Å². The average molecular weight is 358 g/mol. The lowest BCUT2D eigenvalue weighted by Crippen LogP contribution is -2.41. The van der Waals surface area contributed by atoms with Crippen LogP contribution >= 0.6 is 23.2 Å². The molecule has 0 amide bonds. The first-order valence-electron chi connectivity index (χ1n) is 6.32. The van der Waals surface area contributed by atoms with Gasteiger partial charge in [0.2, 0.25) is 10.0 Å². The van der Waals surface area contributed by atoms with Crippen LogP contribution in [0.2, 0.25) is 10.0 Å². The molecule has 0 aliphatic rings. The first-order valence-corrected chi connectivity index (χ1v) is 8.56. The third-order valence-electron chi connectivity index (χ3n) is 2.78. The van der Waals surface area contributed by atoms with Crippen LogP contribution < -0.4 is 4.72 Å². The molecule has 1 aromatic carbocycles. The van der Waals surface area contributed by atoms with Gasteiger partial charge in [0.1, 0.15) is 4.90 Å². The Kier molecular flexibility index (Phi) is 6.03. The molecular weight excluding hydrogens is 340 g/mol. The molecule has 0 aliphatic heterocycles. The van der Waals surface area contributed by atoms with E-state index in [0.29, 0.717) is 6.42 Å². The third-order valence-corrected chi connectivity index (χ3v) is 5.00. The first kappa shape index (κ1) is 18.6. The molecule has 0 bridgehead atoms. The van der Waals surface area contributed by atoms with E-state index in [0.717, 1.165) is 12.1 Å². The molecule has 1 aromatic rings. The van der Waals surface area contributed by atoms with Gasteiger partial charge in [0, 0.05) is 6.54 Å². The quantitative estimate of drug-likeness (QED) is 0.768. The normalized spacial score (nSPS) is 15.2. The fourth-order valence-corrected chi connectivity index (χ4v) is 3.90. The Morgan fingerprint density at radius 1 is 1.38 bits per heavy atom. The molecule has 0 fully saturated rings. The SMILES string of the molecule is CC(C)CC(C)(O)CNS(=O)(=O)c1ccc(Cl)c(F)c1Cl. The number of halogens is 3. The Hall–Kier alpha value is -0.400. The van der Waals surface area contributed by atoms with E-state index in [4.69, 9.17) is 23.2 Å². The summed E-state index contributed by atoms with van der Waals surface area (Å²) in [6.45, 7) is 5.15. The molecular formula is C13H18Cl2FNO3S. The van der Waals surface area contributed by atoms with Gasteiger partial charge in [0.15, 0.2) is 5.82 Å². The topological polar surface area (TPSA) is 66.4 Å². The number of aliphatic hydroxyl groups is 1. The zero-order valence-electron chi connectivity index (χ0n) is 12.0. The van der Waals surface area contributed by atoms with Crippen molar-refractivity contribution in [2.24, 2.45) is 5.92 Å². The van der Waals surface area contributed by atoms with E-state index in [2.05, 4.69) is 4.72 Å². The predicted octanol–water partition coefficient (Wildman–Crippen LogP) is 3.21. The van der Waals surface area contributed by atoms with Crippen molar-refractivity contribution in [2.45, 2.75) is 37.7 Å². The summed E-state index contributed by atoms with van der Waals surface area (Å²) in [7, 11) is -4.04. The molecule has 0 radical (unpaired) electrons. The van der Waals surface area contributed by atoms with E-state index in [1.54, 1.807) is 0 Å². The number of hydrogen-bond donors (Lipinski definition) is 2. The van der Waals surface area contributed by atoms with Crippen LogP contribution in [-0.2, 0) is 10.0 Å². The fraction of sp³-hybridized carbons (Fsp3) is 0.538. The Morgan fingerprint density at radius 2 is 1.95 bits per heavy atom. The number of rotatable bonds is 6. The van der Waals surface area contributed by atoms with E-state index in [1.807, 2.05) is 13.8 Å². The molecule has 8 heteroatoms. The molecule has 0 heterocycles. The summed E-state index contributed by atoms with van der Waals surface area (Å²) in [5.74, 6) is -0.795. The van der Waals surface area contributed by atoms with Gasteiger partial charge in [0.25, 0.3) is 0 Å². The second-order valence-corrected chi connectivity index (χ2v) is 8.11. The molecule has 4 nitrogen and oxygen atoms in total. The van der Waals surface area contributed by atoms with E-state index >= 15 is 0 Å². The number of nitrogens with one attached hydrogen (secondary N) is 1. The molecule has 0 spiro atoms. The van der Waals surface area contributed by atoms with Gasteiger partial charge < -0.3 is 5.11 Å². The van der Waals surface area contributed by atoms with Gasteiger partial charge >= 0.3 is 0 Å². The van der Waals surface area contributed by atoms with Crippen molar-refractivity contribution in [3.63, 3.8) is 0 Å². The van der Waals surface area contributed by atoms with Crippen LogP contribution in [0, 0.1) is 11.7 Å². The molecule has 0 aromatic heterocycles. The zero-order valence-corrected chi connectivity index (χ0v) is 14.3. The van der Waals surface area contributed by atoms with Crippen LogP contribution in [0.3, 0.4) is 0 Å². The van der Waals surface area contributed by atoms with Gasteiger partial charge in [-0.3, -0.25) is 0 Å². The lowest BCUT2D eigenvalue weighted by molar-refractivity contribution is 0.0437. The maximum absolute atomic E-state index is 13.6. The summed E-state index contributed by atoms with van der Waals surface area (Å²) in [6, 6.07) is 2.23. The molecule has 1 atom stereocenters. The number of benzene rings is 1. The molecule has 2 N–H and O–H groups in total. The molecule has 1 rings (SSSR count). The average Bonchev–Trinajstić information content (AvgIpc) is 2.32. The maximum atomic E-state index is 13.6. The van der Waals surface area contributed by atoms with Crippen LogP contribution in [0.1, 0.15) is 27.2 Å². The van der Waals surface area contributed by atoms with E-state index < -0.39 is 31.4 Å². The summed E-state index contributed by atoms with van der Waals surface area (Å²) in [5.41, 5.74) is -1.21. The largest absolute Gasteiger partial charge is 0.389 e. The summed E-state index contributed by atoms with van der Waals surface area (Å²) in [5, 5.41) is 9.28. The van der Waals surface area contributed by atoms with E-state index in [-0.39, 0.29) is 17.5 Å². The fourth-order valence-electron chi connectivity index (χ4n) is 2.00. The smallest absolute Gasteiger partial charge is 0.242 e.